The third kappa shape index (κ3) is 2.19. The second-order valence-corrected chi connectivity index (χ2v) is 5.90. The highest BCUT2D eigenvalue weighted by Crippen LogP contribution is 2.22. The number of rotatable bonds is 2. The summed E-state index contributed by atoms with van der Waals surface area (Å²) in [5.74, 6) is 2.13. The molecule has 2 heterocycles. The van der Waals surface area contributed by atoms with Gasteiger partial charge in [-0.2, -0.15) is 16.9 Å². The molecule has 1 atom stereocenters. The normalized spacial score (nSPS) is 22.3. The Morgan fingerprint density at radius 3 is 2.94 bits per heavy atom. The van der Waals surface area contributed by atoms with Crippen molar-refractivity contribution in [2.45, 2.75) is 6.04 Å². The van der Waals surface area contributed by atoms with Crippen molar-refractivity contribution in [2.75, 3.05) is 25.1 Å². The molecule has 1 aliphatic heterocycles. The summed E-state index contributed by atoms with van der Waals surface area (Å²) in [5, 5.41) is 4.08. The Labute approximate surface area is 107 Å². The lowest BCUT2D eigenvalue weighted by atomic mass is 10.1. The molecule has 2 rings (SSSR count). The Kier molecular flexibility index (Phi) is 3.71. The van der Waals surface area contributed by atoms with E-state index >= 15 is 0 Å². The molecule has 1 fully saturated rings. The van der Waals surface area contributed by atoms with Crippen molar-refractivity contribution in [1.29, 1.82) is 0 Å². The molecule has 4 nitrogen and oxygen atoms in total. The van der Waals surface area contributed by atoms with Gasteiger partial charge in [-0.05, 0) is 23.0 Å². The lowest BCUT2D eigenvalue weighted by Crippen LogP contribution is -2.45. The van der Waals surface area contributed by atoms with Crippen molar-refractivity contribution in [1.82, 2.24) is 14.7 Å². The van der Waals surface area contributed by atoms with E-state index < -0.39 is 0 Å². The lowest BCUT2D eigenvalue weighted by Gasteiger charge is -2.30. The molecule has 0 aromatic carbocycles. The van der Waals surface area contributed by atoms with Gasteiger partial charge in [0.2, 0.25) is 0 Å². The van der Waals surface area contributed by atoms with E-state index in [9.17, 15) is 4.79 Å². The Balaban J connectivity index is 2.24. The van der Waals surface area contributed by atoms with Crippen LogP contribution in [0.25, 0.3) is 0 Å². The van der Waals surface area contributed by atoms with Gasteiger partial charge < -0.3 is 0 Å². The van der Waals surface area contributed by atoms with Crippen molar-refractivity contribution in [2.24, 2.45) is 7.05 Å². The van der Waals surface area contributed by atoms with Gasteiger partial charge in [0.15, 0.2) is 5.78 Å². The van der Waals surface area contributed by atoms with Crippen LogP contribution in [-0.4, -0.2) is 51.6 Å². The van der Waals surface area contributed by atoms with Crippen LogP contribution in [0.1, 0.15) is 10.5 Å². The van der Waals surface area contributed by atoms with Crippen LogP contribution >= 0.6 is 27.7 Å². The van der Waals surface area contributed by atoms with Gasteiger partial charge in [0.1, 0.15) is 5.69 Å². The molecule has 0 spiro atoms. The number of Topliss-reactive ketones (excluding diaryl/α,β-unsaturated/α-hetero) is 1. The summed E-state index contributed by atoms with van der Waals surface area (Å²) in [6, 6.07) is -0.0227. The topological polar surface area (TPSA) is 38.1 Å². The number of halogens is 1. The highest BCUT2D eigenvalue weighted by atomic mass is 79.9. The molecule has 1 aromatic rings. The molecule has 1 aliphatic rings. The molecule has 0 bridgehead atoms. The van der Waals surface area contributed by atoms with Crippen LogP contribution in [0.15, 0.2) is 10.7 Å². The Bertz CT molecular complexity index is 387. The van der Waals surface area contributed by atoms with Crippen molar-refractivity contribution in [3.05, 3.63) is 16.4 Å². The number of carbonyl (C=O) groups is 1. The van der Waals surface area contributed by atoms with Crippen LogP contribution in [0.3, 0.4) is 0 Å². The summed E-state index contributed by atoms with van der Waals surface area (Å²) in [4.78, 5) is 14.5. The van der Waals surface area contributed by atoms with E-state index in [4.69, 9.17) is 0 Å². The molecule has 0 radical (unpaired) electrons. The summed E-state index contributed by atoms with van der Waals surface area (Å²) in [6.45, 7) is 0.969. The number of hydrogen-bond acceptors (Lipinski definition) is 4. The highest BCUT2D eigenvalue weighted by molar-refractivity contribution is 9.10. The first-order valence-electron chi connectivity index (χ1n) is 5.11. The molecule has 6 heteroatoms. The Morgan fingerprint density at radius 2 is 2.38 bits per heavy atom. The van der Waals surface area contributed by atoms with E-state index in [-0.39, 0.29) is 11.8 Å². The van der Waals surface area contributed by atoms with E-state index in [0.29, 0.717) is 5.69 Å². The van der Waals surface area contributed by atoms with E-state index in [1.807, 2.05) is 18.8 Å². The zero-order valence-electron chi connectivity index (χ0n) is 9.31. The summed E-state index contributed by atoms with van der Waals surface area (Å²) in [5.41, 5.74) is 0.666. The molecular formula is C10H14BrN3OS. The molecule has 0 N–H and O–H groups in total. The van der Waals surface area contributed by atoms with Gasteiger partial charge in [0.05, 0.1) is 16.7 Å². The maximum absolute atomic E-state index is 12.4. The second kappa shape index (κ2) is 4.89. The van der Waals surface area contributed by atoms with Gasteiger partial charge in [-0.3, -0.25) is 14.4 Å². The first-order chi connectivity index (χ1) is 7.61. The fourth-order valence-corrected chi connectivity index (χ4v) is 3.56. The third-order valence-corrected chi connectivity index (χ3v) is 4.43. The number of nitrogens with zero attached hydrogens (tertiary/aromatic N) is 3. The number of aryl methyl sites for hydroxylation is 1. The SMILES string of the molecule is CN1CCSCC1C(=O)c1c(Br)cnn1C. The van der Waals surface area contributed by atoms with Gasteiger partial charge in [-0.1, -0.05) is 0 Å². The molecule has 1 aromatic heterocycles. The molecule has 0 aliphatic carbocycles. The predicted molar refractivity (Wildman–Crippen MR) is 69.0 cm³/mol. The lowest BCUT2D eigenvalue weighted by molar-refractivity contribution is 0.0864. The van der Waals surface area contributed by atoms with Gasteiger partial charge in [-0.25, -0.2) is 0 Å². The van der Waals surface area contributed by atoms with Crippen LogP contribution in [0, 0.1) is 0 Å². The zero-order valence-corrected chi connectivity index (χ0v) is 11.7. The molecule has 16 heavy (non-hydrogen) atoms. The number of aromatic nitrogens is 2. The summed E-state index contributed by atoms with van der Waals surface area (Å²) < 4.78 is 2.42. The van der Waals surface area contributed by atoms with Gasteiger partial charge in [0, 0.05) is 25.1 Å². The minimum Gasteiger partial charge on any atom is -0.295 e. The molecule has 1 unspecified atom stereocenters. The molecule has 0 amide bonds. The van der Waals surface area contributed by atoms with E-state index in [1.165, 1.54) is 0 Å². The average molecular weight is 304 g/mol. The average Bonchev–Trinajstić information content (AvgIpc) is 2.58. The molecule has 88 valence electrons. The minimum absolute atomic E-state index is 0.0227. The molecule has 0 saturated carbocycles. The van der Waals surface area contributed by atoms with Gasteiger partial charge >= 0.3 is 0 Å². The summed E-state index contributed by atoms with van der Waals surface area (Å²) >= 11 is 5.21. The van der Waals surface area contributed by atoms with Gasteiger partial charge in [-0.15, -0.1) is 0 Å². The summed E-state index contributed by atoms with van der Waals surface area (Å²) in [7, 11) is 3.81. The summed E-state index contributed by atoms with van der Waals surface area (Å²) in [6.07, 6.45) is 1.67. The maximum Gasteiger partial charge on any atom is 0.199 e. The Morgan fingerprint density at radius 1 is 1.62 bits per heavy atom. The van der Waals surface area contributed by atoms with E-state index in [0.717, 1.165) is 22.5 Å². The maximum atomic E-state index is 12.4. The number of hydrogen-bond donors (Lipinski definition) is 0. The smallest absolute Gasteiger partial charge is 0.199 e. The number of thioether (sulfide) groups is 1. The van der Waals surface area contributed by atoms with Crippen LogP contribution in [0.5, 0.6) is 0 Å². The van der Waals surface area contributed by atoms with Crippen molar-refractivity contribution < 1.29 is 4.79 Å². The minimum atomic E-state index is -0.0227. The van der Waals surface area contributed by atoms with E-state index in [1.54, 1.807) is 17.9 Å². The molecule has 1 saturated heterocycles. The van der Waals surface area contributed by atoms with Crippen LogP contribution in [-0.2, 0) is 7.05 Å². The largest absolute Gasteiger partial charge is 0.295 e. The van der Waals surface area contributed by atoms with Crippen LogP contribution < -0.4 is 0 Å². The van der Waals surface area contributed by atoms with Crippen molar-refractivity contribution >= 4 is 33.5 Å². The number of likely N-dealkylation sites (N-methyl/N-ethyl adjacent to an activating group) is 1. The zero-order chi connectivity index (χ0) is 11.7. The van der Waals surface area contributed by atoms with Crippen molar-refractivity contribution in [3.63, 3.8) is 0 Å². The monoisotopic (exact) mass is 303 g/mol. The first-order valence-corrected chi connectivity index (χ1v) is 7.05. The fourth-order valence-electron chi connectivity index (χ4n) is 1.81. The third-order valence-electron chi connectivity index (χ3n) is 2.83. The Hall–Kier alpha value is -0.330. The van der Waals surface area contributed by atoms with Crippen LogP contribution in [0.2, 0.25) is 0 Å². The highest BCUT2D eigenvalue weighted by Gasteiger charge is 2.30. The van der Waals surface area contributed by atoms with Crippen molar-refractivity contribution in [3.8, 4) is 0 Å². The quantitative estimate of drug-likeness (QED) is 0.775. The fraction of sp³-hybridized carbons (Fsp3) is 0.600. The van der Waals surface area contributed by atoms with E-state index in [2.05, 4.69) is 25.9 Å². The predicted octanol–water partition coefficient (Wildman–Crippen LogP) is 1.41. The van der Waals surface area contributed by atoms with Crippen LogP contribution in [0.4, 0.5) is 0 Å². The number of carbonyl (C=O) groups excluding carboxylic acids is 1. The number of ketones is 1. The first kappa shape index (κ1) is 12.1. The van der Waals surface area contributed by atoms with Gasteiger partial charge in [0.25, 0.3) is 0 Å². The standard InChI is InChI=1S/C10H14BrN3OS/c1-13-3-4-16-6-8(13)10(15)9-7(11)5-12-14(9)2/h5,8H,3-4,6H2,1-2H3. The molecular weight excluding hydrogens is 290 g/mol. The second-order valence-electron chi connectivity index (χ2n) is 3.90.